The fraction of sp³-hybridized carbons (Fsp3) is 0.818. The Labute approximate surface area is 96.0 Å². The van der Waals surface area contributed by atoms with E-state index in [1.165, 1.54) is 0 Å². The Bertz CT molecular complexity index is 299. The van der Waals surface area contributed by atoms with Crippen LogP contribution in [0.15, 0.2) is 4.52 Å². The Hall–Kier alpha value is -0.940. The minimum atomic E-state index is 0.0536. The third kappa shape index (κ3) is 4.28. The van der Waals surface area contributed by atoms with Crippen LogP contribution in [-0.2, 0) is 6.42 Å². The minimum Gasteiger partial charge on any atom is -0.396 e. The number of aliphatic hydroxyl groups excluding tert-OH is 1. The smallest absolute Gasteiger partial charge is 0.229 e. The van der Waals surface area contributed by atoms with Crippen LogP contribution in [0.25, 0.3) is 0 Å². The van der Waals surface area contributed by atoms with Gasteiger partial charge in [-0.1, -0.05) is 18.5 Å². The molecule has 0 amide bonds. The maximum atomic E-state index is 8.73. The summed E-state index contributed by atoms with van der Waals surface area (Å²) in [4.78, 5) is 4.23. The van der Waals surface area contributed by atoms with Crippen LogP contribution >= 0.6 is 0 Å². The molecule has 5 nitrogen and oxygen atoms in total. The first-order valence-electron chi connectivity index (χ1n) is 5.82. The molecule has 0 fully saturated rings. The lowest BCUT2D eigenvalue weighted by atomic mass is 10.0. The van der Waals surface area contributed by atoms with E-state index in [4.69, 9.17) is 15.4 Å². The average molecular weight is 227 g/mol. The van der Waals surface area contributed by atoms with Crippen LogP contribution < -0.4 is 5.73 Å². The van der Waals surface area contributed by atoms with Gasteiger partial charge in [-0.3, -0.25) is 0 Å². The zero-order valence-electron chi connectivity index (χ0n) is 10.0. The van der Waals surface area contributed by atoms with Crippen molar-refractivity contribution in [2.75, 3.05) is 6.61 Å². The second kappa shape index (κ2) is 6.60. The molecule has 0 saturated carbocycles. The molecule has 0 aliphatic heterocycles. The molecular formula is C11H21N3O2. The third-order valence-electron chi connectivity index (χ3n) is 2.54. The zero-order chi connectivity index (χ0) is 12.0. The molecule has 3 N–H and O–H groups in total. The quantitative estimate of drug-likeness (QED) is 0.731. The highest BCUT2D eigenvalue weighted by molar-refractivity contribution is 4.92. The molecule has 1 aromatic heterocycles. The molecule has 0 aliphatic carbocycles. The molecule has 0 aromatic carbocycles. The first-order valence-corrected chi connectivity index (χ1v) is 5.82. The van der Waals surface area contributed by atoms with Crippen LogP contribution in [0.3, 0.4) is 0 Å². The van der Waals surface area contributed by atoms with Crippen molar-refractivity contribution in [2.45, 2.75) is 51.5 Å². The van der Waals surface area contributed by atoms with Crippen molar-refractivity contribution in [1.29, 1.82) is 0 Å². The summed E-state index contributed by atoms with van der Waals surface area (Å²) in [5.74, 6) is 1.50. The van der Waals surface area contributed by atoms with Crippen LogP contribution in [0.4, 0.5) is 0 Å². The Balaban J connectivity index is 2.36. The molecule has 0 saturated heterocycles. The summed E-state index contributed by atoms with van der Waals surface area (Å²) in [6.07, 6.45) is 3.54. The normalized spacial score (nSPS) is 15.0. The molecule has 1 rings (SSSR count). The van der Waals surface area contributed by atoms with Gasteiger partial charge < -0.3 is 15.4 Å². The van der Waals surface area contributed by atoms with E-state index in [0.717, 1.165) is 19.3 Å². The summed E-state index contributed by atoms with van der Waals surface area (Å²) >= 11 is 0. The predicted octanol–water partition coefficient (Wildman–Crippen LogP) is 1.23. The van der Waals surface area contributed by atoms with Crippen molar-refractivity contribution in [3.05, 3.63) is 11.7 Å². The molecule has 2 unspecified atom stereocenters. The van der Waals surface area contributed by atoms with Gasteiger partial charge in [-0.15, -0.1) is 0 Å². The molecule has 1 heterocycles. The van der Waals surface area contributed by atoms with Gasteiger partial charge in [0, 0.05) is 18.4 Å². The van der Waals surface area contributed by atoms with Crippen molar-refractivity contribution in [3.63, 3.8) is 0 Å². The minimum absolute atomic E-state index is 0.0536. The van der Waals surface area contributed by atoms with Gasteiger partial charge >= 0.3 is 0 Å². The van der Waals surface area contributed by atoms with E-state index in [2.05, 4.69) is 17.1 Å². The largest absolute Gasteiger partial charge is 0.396 e. The second-order valence-corrected chi connectivity index (χ2v) is 4.33. The summed E-state index contributed by atoms with van der Waals surface area (Å²) in [6, 6.07) is 0.250. The number of nitrogens with two attached hydrogens (primary N) is 1. The van der Waals surface area contributed by atoms with E-state index in [1.807, 2.05) is 6.92 Å². The van der Waals surface area contributed by atoms with Crippen molar-refractivity contribution in [2.24, 2.45) is 5.73 Å². The van der Waals surface area contributed by atoms with Crippen molar-refractivity contribution in [1.82, 2.24) is 10.1 Å². The second-order valence-electron chi connectivity index (χ2n) is 4.33. The van der Waals surface area contributed by atoms with E-state index in [9.17, 15) is 0 Å². The van der Waals surface area contributed by atoms with E-state index in [0.29, 0.717) is 18.1 Å². The van der Waals surface area contributed by atoms with E-state index < -0.39 is 0 Å². The van der Waals surface area contributed by atoms with Gasteiger partial charge in [0.2, 0.25) is 5.89 Å². The molecule has 1 aromatic rings. The highest BCUT2D eigenvalue weighted by atomic mass is 16.5. The molecule has 16 heavy (non-hydrogen) atoms. The Kier molecular flexibility index (Phi) is 5.42. The summed E-state index contributed by atoms with van der Waals surface area (Å²) < 4.78 is 5.13. The third-order valence-corrected chi connectivity index (χ3v) is 2.54. The molecule has 0 bridgehead atoms. The van der Waals surface area contributed by atoms with Gasteiger partial charge in [-0.2, -0.15) is 4.98 Å². The lowest BCUT2D eigenvalue weighted by Crippen LogP contribution is -2.14. The van der Waals surface area contributed by atoms with Gasteiger partial charge in [0.15, 0.2) is 5.82 Å². The van der Waals surface area contributed by atoms with E-state index in [1.54, 1.807) is 0 Å². The van der Waals surface area contributed by atoms with Crippen LogP contribution in [0.5, 0.6) is 0 Å². The monoisotopic (exact) mass is 227 g/mol. The maximum absolute atomic E-state index is 8.73. The molecular weight excluding hydrogens is 206 g/mol. The van der Waals surface area contributed by atoms with Gasteiger partial charge in [0.1, 0.15) is 0 Å². The highest BCUT2D eigenvalue weighted by Crippen LogP contribution is 2.19. The summed E-state index contributed by atoms with van der Waals surface area (Å²) in [6.45, 7) is 4.13. The Morgan fingerprint density at radius 1 is 1.38 bits per heavy atom. The van der Waals surface area contributed by atoms with E-state index in [-0.39, 0.29) is 18.6 Å². The topological polar surface area (TPSA) is 85.2 Å². The molecule has 0 radical (unpaired) electrons. The lowest BCUT2D eigenvalue weighted by molar-refractivity contribution is 0.292. The summed E-state index contributed by atoms with van der Waals surface area (Å²) in [5.41, 5.74) is 5.68. The van der Waals surface area contributed by atoms with Gasteiger partial charge in [-0.05, 0) is 19.8 Å². The number of hydrogen-bond donors (Lipinski definition) is 2. The molecule has 0 spiro atoms. The van der Waals surface area contributed by atoms with Gasteiger partial charge in [0.05, 0.1) is 6.61 Å². The summed E-state index contributed by atoms with van der Waals surface area (Å²) in [7, 11) is 0. The van der Waals surface area contributed by atoms with E-state index >= 15 is 0 Å². The summed E-state index contributed by atoms with van der Waals surface area (Å²) in [5, 5.41) is 12.5. The Morgan fingerprint density at radius 2 is 2.12 bits per heavy atom. The van der Waals surface area contributed by atoms with Gasteiger partial charge in [-0.25, -0.2) is 0 Å². The lowest BCUT2D eigenvalue weighted by Gasteiger charge is -2.07. The first-order chi connectivity index (χ1) is 7.63. The number of nitrogens with zero attached hydrogens (tertiary/aromatic N) is 2. The van der Waals surface area contributed by atoms with Crippen LogP contribution in [0.2, 0.25) is 0 Å². The highest BCUT2D eigenvalue weighted by Gasteiger charge is 2.13. The number of aromatic nitrogens is 2. The van der Waals surface area contributed by atoms with Crippen LogP contribution in [-0.4, -0.2) is 27.9 Å². The van der Waals surface area contributed by atoms with Crippen molar-refractivity contribution >= 4 is 0 Å². The van der Waals surface area contributed by atoms with Crippen LogP contribution in [0.1, 0.15) is 50.7 Å². The Morgan fingerprint density at radius 3 is 2.75 bits per heavy atom. The fourth-order valence-corrected chi connectivity index (χ4v) is 1.54. The molecule has 2 atom stereocenters. The average Bonchev–Trinajstić information content (AvgIpc) is 2.66. The van der Waals surface area contributed by atoms with Crippen molar-refractivity contribution < 1.29 is 9.63 Å². The van der Waals surface area contributed by atoms with Crippen LogP contribution in [0, 0.1) is 0 Å². The maximum Gasteiger partial charge on any atom is 0.229 e. The number of aliphatic hydroxyl groups is 1. The standard InChI is InChI=1S/C11H21N3O2/c1-8(4-3-5-9(2)12)11-13-10(6-7-15)14-16-11/h8-9,15H,3-7,12H2,1-2H3. The van der Waals surface area contributed by atoms with Crippen molar-refractivity contribution in [3.8, 4) is 0 Å². The SMILES string of the molecule is CC(N)CCCC(C)c1nc(CCO)no1. The molecule has 5 heteroatoms. The number of hydrogen-bond acceptors (Lipinski definition) is 5. The first kappa shape index (κ1) is 13.1. The number of rotatable bonds is 7. The molecule has 92 valence electrons. The zero-order valence-corrected chi connectivity index (χ0v) is 10.0. The molecule has 0 aliphatic rings. The predicted molar refractivity (Wildman–Crippen MR) is 61.0 cm³/mol. The fourth-order valence-electron chi connectivity index (χ4n) is 1.54. The van der Waals surface area contributed by atoms with Gasteiger partial charge in [0.25, 0.3) is 0 Å².